The molecule has 0 aliphatic carbocycles. The van der Waals surface area contributed by atoms with Crippen molar-refractivity contribution >= 4 is 19.7 Å². The molecule has 170 valence electrons. The van der Waals surface area contributed by atoms with Gasteiger partial charge in [0.1, 0.15) is 0 Å². The molecule has 1 N–H and O–H groups in total. The minimum absolute atomic E-state index is 0.0350. The van der Waals surface area contributed by atoms with Gasteiger partial charge in [0, 0.05) is 24.2 Å². The lowest BCUT2D eigenvalue weighted by Crippen LogP contribution is -2.54. The van der Waals surface area contributed by atoms with Crippen LogP contribution in [0.1, 0.15) is 26.7 Å². The second-order valence-corrected chi connectivity index (χ2v) is 13.0. The highest BCUT2D eigenvalue weighted by Gasteiger charge is 2.46. The lowest BCUT2D eigenvalue weighted by molar-refractivity contribution is 0.148. The van der Waals surface area contributed by atoms with E-state index in [1.807, 2.05) is 0 Å². The van der Waals surface area contributed by atoms with Gasteiger partial charge in [-0.1, -0.05) is 0 Å². The molecule has 3 rings (SSSR count). The van der Waals surface area contributed by atoms with Gasteiger partial charge in [-0.3, -0.25) is 4.90 Å². The number of hydrogen-bond acceptors (Lipinski definition) is 8. The standard InChI is InChI=1S/C20H32N2O6S2/c1-20(2,22-9-5-6-10-22)14-21-16-12-29(23,24)13-19(16)30(25,26)15-7-8-17(27-3)18(11-15)28-4/h7-8,11,16,19,21H,5-6,9-10,12-14H2,1-4H3/t16-,19-/m0/s1. The first kappa shape index (κ1) is 23.3. The molecule has 2 heterocycles. The van der Waals surface area contributed by atoms with Crippen molar-refractivity contribution in [3.63, 3.8) is 0 Å². The highest BCUT2D eigenvalue weighted by atomic mass is 32.2. The van der Waals surface area contributed by atoms with Gasteiger partial charge in [-0.25, -0.2) is 16.8 Å². The lowest BCUT2D eigenvalue weighted by atomic mass is 10.0. The van der Waals surface area contributed by atoms with Gasteiger partial charge in [-0.05, 0) is 51.9 Å². The first-order chi connectivity index (χ1) is 14.0. The fraction of sp³-hybridized carbons (Fsp3) is 0.700. The summed E-state index contributed by atoms with van der Waals surface area (Å²) >= 11 is 0. The Morgan fingerprint density at radius 2 is 1.73 bits per heavy atom. The smallest absolute Gasteiger partial charge is 0.183 e. The molecule has 2 fully saturated rings. The number of hydrogen-bond donors (Lipinski definition) is 1. The van der Waals surface area contributed by atoms with E-state index >= 15 is 0 Å². The minimum Gasteiger partial charge on any atom is -0.493 e. The maximum Gasteiger partial charge on any atom is 0.183 e. The minimum atomic E-state index is -3.89. The molecule has 30 heavy (non-hydrogen) atoms. The summed E-state index contributed by atoms with van der Waals surface area (Å²) < 4.78 is 61.9. The zero-order valence-corrected chi connectivity index (χ0v) is 19.7. The molecule has 0 radical (unpaired) electrons. The van der Waals surface area contributed by atoms with Crippen molar-refractivity contribution in [2.45, 2.75) is 48.4 Å². The average molecular weight is 461 g/mol. The second kappa shape index (κ2) is 8.64. The van der Waals surface area contributed by atoms with E-state index in [2.05, 4.69) is 24.1 Å². The van der Waals surface area contributed by atoms with Crippen LogP contribution >= 0.6 is 0 Å². The molecule has 0 unspecified atom stereocenters. The van der Waals surface area contributed by atoms with E-state index in [0.717, 1.165) is 25.9 Å². The molecular weight excluding hydrogens is 428 g/mol. The topological polar surface area (TPSA) is 102 Å². The van der Waals surface area contributed by atoms with E-state index in [9.17, 15) is 16.8 Å². The van der Waals surface area contributed by atoms with Gasteiger partial charge in [-0.15, -0.1) is 0 Å². The zero-order chi connectivity index (χ0) is 22.2. The summed E-state index contributed by atoms with van der Waals surface area (Å²) in [5.41, 5.74) is -0.180. The van der Waals surface area contributed by atoms with Crippen LogP contribution in [0.5, 0.6) is 11.5 Å². The number of benzene rings is 1. The Morgan fingerprint density at radius 1 is 1.10 bits per heavy atom. The number of methoxy groups -OCH3 is 2. The van der Waals surface area contributed by atoms with Gasteiger partial charge < -0.3 is 14.8 Å². The third-order valence-corrected chi connectivity index (χ3v) is 10.3. The van der Waals surface area contributed by atoms with Gasteiger partial charge in [0.2, 0.25) is 0 Å². The van der Waals surface area contributed by atoms with Crippen LogP contribution in [0.15, 0.2) is 23.1 Å². The van der Waals surface area contributed by atoms with Gasteiger partial charge in [0.05, 0.1) is 35.9 Å². The van der Waals surface area contributed by atoms with Crippen molar-refractivity contribution in [1.82, 2.24) is 10.2 Å². The molecule has 0 amide bonds. The highest BCUT2D eigenvalue weighted by Crippen LogP contribution is 2.33. The average Bonchev–Trinajstić information content (AvgIpc) is 3.34. The summed E-state index contributed by atoms with van der Waals surface area (Å²) in [5.74, 6) is 0.141. The monoisotopic (exact) mass is 460 g/mol. The molecule has 1 aromatic rings. The van der Waals surface area contributed by atoms with Gasteiger partial charge >= 0.3 is 0 Å². The Morgan fingerprint density at radius 3 is 2.33 bits per heavy atom. The number of nitrogens with zero attached hydrogens (tertiary/aromatic N) is 1. The van der Waals surface area contributed by atoms with Crippen LogP contribution in [0, 0.1) is 0 Å². The molecule has 0 bridgehead atoms. The van der Waals surface area contributed by atoms with Crippen molar-refractivity contribution in [2.75, 3.05) is 45.4 Å². The number of ether oxygens (including phenoxy) is 2. The van der Waals surface area contributed by atoms with E-state index in [4.69, 9.17) is 9.47 Å². The Hall–Kier alpha value is -1.36. The maximum atomic E-state index is 13.4. The third kappa shape index (κ3) is 4.76. The van der Waals surface area contributed by atoms with E-state index in [-0.39, 0.29) is 21.9 Å². The van der Waals surface area contributed by atoms with Gasteiger partial charge in [-0.2, -0.15) is 0 Å². The molecule has 0 saturated carbocycles. The summed E-state index contributed by atoms with van der Waals surface area (Å²) in [6.45, 7) is 6.74. The molecule has 8 nitrogen and oxygen atoms in total. The summed E-state index contributed by atoms with van der Waals surface area (Å²) in [6, 6.07) is 3.70. The van der Waals surface area contributed by atoms with Crippen LogP contribution in [0.4, 0.5) is 0 Å². The van der Waals surface area contributed by atoms with Gasteiger partial charge in [0.25, 0.3) is 0 Å². The van der Waals surface area contributed by atoms with E-state index < -0.39 is 31.0 Å². The number of sulfone groups is 2. The Kier molecular flexibility index (Phi) is 6.71. The fourth-order valence-corrected chi connectivity index (χ4v) is 9.03. The summed E-state index contributed by atoms with van der Waals surface area (Å²) in [4.78, 5) is 2.40. The van der Waals surface area contributed by atoms with E-state index in [0.29, 0.717) is 18.0 Å². The largest absolute Gasteiger partial charge is 0.493 e. The SMILES string of the molecule is COc1ccc(S(=O)(=O)[C@H]2CS(=O)(=O)C[C@@H]2NCC(C)(C)N2CCCC2)cc1OC. The Balaban J connectivity index is 1.84. The molecule has 2 aliphatic rings. The summed E-state index contributed by atoms with van der Waals surface area (Å²) in [6.07, 6.45) is 2.30. The van der Waals surface area contributed by atoms with Crippen molar-refractivity contribution in [1.29, 1.82) is 0 Å². The van der Waals surface area contributed by atoms with Crippen molar-refractivity contribution < 1.29 is 26.3 Å². The van der Waals surface area contributed by atoms with Gasteiger partial charge in [0.15, 0.2) is 31.2 Å². The molecular formula is C20H32N2O6S2. The lowest BCUT2D eigenvalue weighted by Gasteiger charge is -2.37. The van der Waals surface area contributed by atoms with Crippen molar-refractivity contribution in [3.05, 3.63) is 18.2 Å². The van der Waals surface area contributed by atoms with Crippen LogP contribution in [-0.2, 0) is 19.7 Å². The first-order valence-corrected chi connectivity index (χ1v) is 13.5. The van der Waals surface area contributed by atoms with Crippen LogP contribution in [0.3, 0.4) is 0 Å². The van der Waals surface area contributed by atoms with E-state index in [1.54, 1.807) is 0 Å². The predicted octanol–water partition coefficient (Wildman–Crippen LogP) is 1.11. The van der Waals surface area contributed by atoms with Crippen molar-refractivity contribution in [3.8, 4) is 11.5 Å². The normalized spacial score (nSPS) is 24.8. The molecule has 0 aromatic heterocycles. The predicted molar refractivity (Wildman–Crippen MR) is 116 cm³/mol. The molecule has 0 spiro atoms. The molecule has 2 saturated heterocycles. The van der Waals surface area contributed by atoms with E-state index in [1.165, 1.54) is 32.4 Å². The highest BCUT2D eigenvalue weighted by molar-refractivity contribution is 7.96. The van der Waals surface area contributed by atoms with Crippen LogP contribution < -0.4 is 14.8 Å². The van der Waals surface area contributed by atoms with Crippen LogP contribution in [0.25, 0.3) is 0 Å². The summed E-state index contributed by atoms with van der Waals surface area (Å²) in [7, 11) is -4.46. The van der Waals surface area contributed by atoms with Crippen LogP contribution in [0.2, 0.25) is 0 Å². The summed E-state index contributed by atoms with van der Waals surface area (Å²) in [5, 5.41) is 2.23. The number of likely N-dealkylation sites (tertiary alicyclic amines) is 1. The quantitative estimate of drug-likeness (QED) is 0.616. The molecule has 2 aliphatic heterocycles. The molecule has 10 heteroatoms. The number of rotatable bonds is 8. The second-order valence-electron chi connectivity index (χ2n) is 8.67. The Labute approximate surface area is 179 Å². The zero-order valence-electron chi connectivity index (χ0n) is 18.0. The molecule has 1 aromatic carbocycles. The Bertz CT molecular complexity index is 969. The van der Waals surface area contributed by atoms with Crippen LogP contribution in [-0.4, -0.2) is 83.9 Å². The van der Waals surface area contributed by atoms with Crippen molar-refractivity contribution in [2.24, 2.45) is 0 Å². The fourth-order valence-electron chi connectivity index (χ4n) is 4.30. The number of nitrogens with one attached hydrogen (secondary N) is 1. The first-order valence-electron chi connectivity index (χ1n) is 10.1. The third-order valence-electron chi connectivity index (χ3n) is 6.14. The molecule has 2 atom stereocenters. The maximum absolute atomic E-state index is 13.4.